The van der Waals surface area contributed by atoms with Crippen molar-refractivity contribution in [2.24, 2.45) is 5.73 Å². The minimum Gasteiger partial charge on any atom is -0.394 e. The summed E-state index contributed by atoms with van der Waals surface area (Å²) in [5, 5.41) is 34.5. The lowest BCUT2D eigenvalue weighted by atomic mass is 10.1. The monoisotopic (exact) mass is 425 g/mol. The third kappa shape index (κ3) is 4.06. The van der Waals surface area contributed by atoms with Crippen molar-refractivity contribution in [3.8, 4) is 0 Å². The van der Waals surface area contributed by atoms with E-state index in [0.717, 1.165) is 0 Å². The fourth-order valence-corrected chi connectivity index (χ4v) is 3.25. The molecule has 3 heterocycles. The Morgan fingerprint density at radius 2 is 1.97 bits per heavy atom. The summed E-state index contributed by atoms with van der Waals surface area (Å²) in [6, 6.07) is -0.682. The quantitative estimate of drug-likeness (QED) is 0.207. The van der Waals surface area contributed by atoms with E-state index in [1.807, 2.05) is 0 Å². The summed E-state index contributed by atoms with van der Waals surface area (Å²) in [6.07, 6.45) is -3.46. The number of ether oxygens (including phenoxy) is 1. The minimum atomic E-state index is -1.45. The Balaban J connectivity index is 1.91. The molecule has 0 saturated carbocycles. The number of nitrogens with zero attached hydrogens (tertiary/aromatic N) is 2. The summed E-state index contributed by atoms with van der Waals surface area (Å²) in [4.78, 5) is 42.1. The van der Waals surface area contributed by atoms with Gasteiger partial charge in [0, 0.05) is 19.3 Å². The van der Waals surface area contributed by atoms with Crippen molar-refractivity contribution in [2.45, 2.75) is 31.0 Å². The van der Waals surface area contributed by atoms with Gasteiger partial charge in [-0.1, -0.05) is 0 Å². The van der Waals surface area contributed by atoms with E-state index >= 15 is 0 Å². The van der Waals surface area contributed by atoms with Crippen LogP contribution in [0, 0.1) is 0 Å². The highest BCUT2D eigenvalue weighted by Crippen LogP contribution is 2.32. The van der Waals surface area contributed by atoms with Crippen molar-refractivity contribution in [1.82, 2.24) is 25.2 Å². The molecule has 3 amide bonds. The molecule has 1 saturated heterocycles. The van der Waals surface area contributed by atoms with Crippen molar-refractivity contribution >= 4 is 28.9 Å². The maximum Gasteiger partial charge on any atom is 0.312 e. The molecule has 4 atom stereocenters. The lowest BCUT2D eigenvalue weighted by Gasteiger charge is -2.17. The van der Waals surface area contributed by atoms with Crippen LogP contribution in [0.5, 0.6) is 0 Å². The molecule has 3 rings (SSSR count). The van der Waals surface area contributed by atoms with E-state index < -0.39 is 48.6 Å². The normalized spacial score (nSPS) is 23.6. The Labute approximate surface area is 168 Å². The fourth-order valence-electron chi connectivity index (χ4n) is 3.25. The van der Waals surface area contributed by atoms with E-state index in [4.69, 9.17) is 16.2 Å². The molecule has 30 heavy (non-hydrogen) atoms. The topological polar surface area (TPSA) is 231 Å². The van der Waals surface area contributed by atoms with Gasteiger partial charge in [0.15, 0.2) is 11.9 Å². The first-order valence-electron chi connectivity index (χ1n) is 9.09. The number of nitrogen functional groups attached to an aromatic ring is 1. The van der Waals surface area contributed by atoms with Crippen molar-refractivity contribution in [3.05, 3.63) is 22.1 Å². The highest BCUT2D eigenvalue weighted by Gasteiger charge is 2.44. The molecule has 164 valence electrons. The number of anilines is 1. The first-order valence-corrected chi connectivity index (χ1v) is 9.09. The Kier molecular flexibility index (Phi) is 6.21. The zero-order valence-corrected chi connectivity index (χ0v) is 15.7. The van der Waals surface area contributed by atoms with Gasteiger partial charge in [0.1, 0.15) is 18.3 Å². The van der Waals surface area contributed by atoms with Gasteiger partial charge >= 0.3 is 6.03 Å². The van der Waals surface area contributed by atoms with Gasteiger partial charge in [-0.15, -0.1) is 0 Å². The molecule has 0 aliphatic carbocycles. The largest absolute Gasteiger partial charge is 0.394 e. The van der Waals surface area contributed by atoms with Crippen LogP contribution in [0.3, 0.4) is 0 Å². The smallest absolute Gasteiger partial charge is 0.312 e. The number of primary amides is 1. The molecule has 0 spiro atoms. The first-order chi connectivity index (χ1) is 14.2. The maximum atomic E-state index is 12.6. The second kappa shape index (κ2) is 8.66. The molecule has 1 unspecified atom stereocenters. The molecule has 1 aliphatic heterocycles. The van der Waals surface area contributed by atoms with Gasteiger partial charge in [0.2, 0.25) is 5.95 Å². The summed E-state index contributed by atoms with van der Waals surface area (Å²) in [5.41, 5.74) is 9.80. The van der Waals surface area contributed by atoms with E-state index in [-0.39, 0.29) is 35.6 Å². The number of nitrogens with two attached hydrogens (primary N) is 2. The number of carbonyl (C=O) groups excluding carboxylic acids is 2. The molecular weight excluding hydrogens is 402 g/mol. The summed E-state index contributed by atoms with van der Waals surface area (Å²) in [7, 11) is 0. The van der Waals surface area contributed by atoms with E-state index in [0.29, 0.717) is 6.42 Å². The predicted molar refractivity (Wildman–Crippen MR) is 102 cm³/mol. The van der Waals surface area contributed by atoms with Crippen LogP contribution in [0.4, 0.5) is 10.7 Å². The fraction of sp³-hybridized carbons (Fsp3) is 0.500. The summed E-state index contributed by atoms with van der Waals surface area (Å²) in [5.74, 6) is -0.829. The number of aliphatic hydroxyl groups excluding tert-OH is 3. The molecule has 14 heteroatoms. The number of amides is 3. The number of hydrogen-bond donors (Lipinski definition) is 8. The molecule has 1 aliphatic rings. The highest BCUT2D eigenvalue weighted by molar-refractivity contribution is 6.06. The van der Waals surface area contributed by atoms with Crippen molar-refractivity contribution in [3.63, 3.8) is 0 Å². The molecule has 2 aromatic rings. The zero-order valence-electron chi connectivity index (χ0n) is 15.7. The first kappa shape index (κ1) is 21.5. The number of aromatic amines is 1. The Hall–Kier alpha value is -3.20. The van der Waals surface area contributed by atoms with Gasteiger partial charge in [-0.25, -0.2) is 4.79 Å². The number of carbonyl (C=O) groups is 2. The molecule has 10 N–H and O–H groups in total. The van der Waals surface area contributed by atoms with Crippen molar-refractivity contribution in [1.29, 1.82) is 0 Å². The van der Waals surface area contributed by atoms with Crippen molar-refractivity contribution < 1.29 is 29.6 Å². The number of aliphatic hydroxyl groups is 3. The number of urea groups is 1. The lowest BCUT2D eigenvalue weighted by Crippen LogP contribution is -2.33. The Bertz CT molecular complexity index is 1000. The van der Waals surface area contributed by atoms with Crippen molar-refractivity contribution in [2.75, 3.05) is 25.4 Å². The average molecular weight is 425 g/mol. The van der Waals surface area contributed by atoms with Crippen LogP contribution >= 0.6 is 0 Å². The molecule has 0 aromatic carbocycles. The van der Waals surface area contributed by atoms with Crippen LogP contribution in [0.1, 0.15) is 23.0 Å². The van der Waals surface area contributed by atoms with Gasteiger partial charge in [-0.2, -0.15) is 4.98 Å². The number of aromatic nitrogens is 3. The van der Waals surface area contributed by atoms with Gasteiger partial charge in [-0.05, 0) is 6.42 Å². The summed E-state index contributed by atoms with van der Waals surface area (Å²) < 4.78 is 6.69. The molecule has 0 bridgehead atoms. The van der Waals surface area contributed by atoms with Gasteiger partial charge in [0.25, 0.3) is 11.5 Å². The van der Waals surface area contributed by atoms with Gasteiger partial charge < -0.3 is 46.7 Å². The molecule has 0 radical (unpaired) electrons. The van der Waals surface area contributed by atoms with Crippen LogP contribution in [0.15, 0.2) is 11.0 Å². The molecule has 2 aromatic heterocycles. The number of fused-ring (bicyclic) bond motifs is 1. The summed E-state index contributed by atoms with van der Waals surface area (Å²) in [6.45, 7) is -0.116. The standard InChI is InChI=1S/C16H23N7O7/c17-15-21-11-8(13(28)22-15)6(12(27)19-2-1-3-20-16(18)29)4-23(11)14-10(26)9(25)7(5-24)30-14/h4,7,9-10,14,24-26H,1-3,5H2,(H,19,27)(H3,18,20,29)(H3,17,21,22,28)/t7-,9-,10-,14?/m1/s1. The highest BCUT2D eigenvalue weighted by atomic mass is 16.6. The molecule has 14 nitrogen and oxygen atoms in total. The van der Waals surface area contributed by atoms with Crippen LogP contribution in [0.2, 0.25) is 0 Å². The zero-order chi connectivity index (χ0) is 22.0. The third-order valence-electron chi connectivity index (χ3n) is 4.67. The second-order valence-electron chi connectivity index (χ2n) is 6.73. The maximum absolute atomic E-state index is 12.6. The van der Waals surface area contributed by atoms with E-state index in [1.54, 1.807) is 0 Å². The third-order valence-corrected chi connectivity index (χ3v) is 4.67. The van der Waals surface area contributed by atoms with E-state index in [2.05, 4.69) is 20.6 Å². The molecular formula is C16H23N7O7. The van der Waals surface area contributed by atoms with Gasteiger partial charge in [0.05, 0.1) is 17.6 Å². The number of nitrogens with one attached hydrogen (secondary N) is 3. The number of hydrogen-bond acceptors (Lipinski definition) is 9. The second-order valence-corrected chi connectivity index (χ2v) is 6.73. The van der Waals surface area contributed by atoms with Crippen LogP contribution < -0.4 is 27.7 Å². The average Bonchev–Trinajstić information content (AvgIpc) is 3.19. The van der Waals surface area contributed by atoms with Gasteiger partial charge in [-0.3, -0.25) is 14.6 Å². The number of rotatable bonds is 7. The number of H-pyrrole nitrogens is 1. The molecule has 1 fully saturated rings. The Morgan fingerprint density at radius 1 is 1.27 bits per heavy atom. The van der Waals surface area contributed by atoms with E-state index in [1.165, 1.54) is 10.8 Å². The summed E-state index contributed by atoms with van der Waals surface area (Å²) >= 11 is 0. The van der Waals surface area contributed by atoms with Crippen LogP contribution in [0.25, 0.3) is 11.0 Å². The van der Waals surface area contributed by atoms with Crippen LogP contribution in [-0.4, -0.2) is 79.8 Å². The predicted octanol–water partition coefficient (Wildman–Crippen LogP) is -3.29. The lowest BCUT2D eigenvalue weighted by molar-refractivity contribution is -0.0508. The van der Waals surface area contributed by atoms with Crippen LogP contribution in [-0.2, 0) is 4.74 Å². The minimum absolute atomic E-state index is 0.0355. The SMILES string of the molecule is NC(=O)NCCCNC(=O)c1cn(C2O[C@H](CO)[C@@H](O)[C@H]2O)c2nc(N)[nH]c(=O)c12. The van der Waals surface area contributed by atoms with E-state index in [9.17, 15) is 29.7 Å². The Morgan fingerprint density at radius 3 is 2.60 bits per heavy atom.